The van der Waals surface area contributed by atoms with Crippen LogP contribution >= 0.6 is 11.3 Å². The lowest BCUT2D eigenvalue weighted by Crippen LogP contribution is -2.22. The molecule has 0 saturated heterocycles. The van der Waals surface area contributed by atoms with Crippen molar-refractivity contribution in [3.05, 3.63) is 40.1 Å². The van der Waals surface area contributed by atoms with E-state index in [1.807, 2.05) is 0 Å². The second kappa shape index (κ2) is 6.32. The fourth-order valence-electron chi connectivity index (χ4n) is 2.80. The van der Waals surface area contributed by atoms with Crippen LogP contribution in [0.5, 0.6) is 0 Å². The molecular weight excluding hydrogens is 278 g/mol. The van der Waals surface area contributed by atoms with Crippen molar-refractivity contribution in [3.63, 3.8) is 0 Å². The van der Waals surface area contributed by atoms with Gasteiger partial charge in [0, 0.05) is 29.7 Å². The molecule has 114 valence electrons. The Labute approximate surface area is 131 Å². The molecular formula is C17H25N3S. The smallest absolute Gasteiger partial charge is 0.0954 e. The summed E-state index contributed by atoms with van der Waals surface area (Å²) in [5.41, 5.74) is 2.61. The average molecular weight is 303 g/mol. The van der Waals surface area contributed by atoms with Crippen LogP contribution in [0.4, 0.5) is 0 Å². The summed E-state index contributed by atoms with van der Waals surface area (Å²) in [6.07, 6.45) is 7.22. The third kappa shape index (κ3) is 3.55. The van der Waals surface area contributed by atoms with Gasteiger partial charge in [-0.15, -0.1) is 11.3 Å². The van der Waals surface area contributed by atoms with Gasteiger partial charge in [0.05, 0.1) is 17.2 Å². The van der Waals surface area contributed by atoms with Crippen LogP contribution in [0.15, 0.2) is 23.8 Å². The van der Waals surface area contributed by atoms with E-state index in [4.69, 9.17) is 4.98 Å². The molecule has 0 amide bonds. The standard InChI is InChI=1S/C17H25N3S/c1-4-18-16(13-5-6-13)14-7-8-20(9-14)10-15-11-21-17(19-15)12(2)3/h7-9,11-13,16,18H,4-6,10H2,1-3H3. The highest BCUT2D eigenvalue weighted by Gasteiger charge is 2.32. The summed E-state index contributed by atoms with van der Waals surface area (Å²) in [6.45, 7) is 8.51. The zero-order valence-corrected chi connectivity index (χ0v) is 14.0. The van der Waals surface area contributed by atoms with Gasteiger partial charge < -0.3 is 9.88 Å². The Balaban J connectivity index is 1.68. The Hall–Kier alpha value is -1.13. The molecule has 0 aromatic carbocycles. The molecule has 0 spiro atoms. The largest absolute Gasteiger partial charge is 0.348 e. The second-order valence-electron chi connectivity index (χ2n) is 6.32. The summed E-state index contributed by atoms with van der Waals surface area (Å²) in [4.78, 5) is 4.72. The lowest BCUT2D eigenvalue weighted by Gasteiger charge is -2.15. The minimum atomic E-state index is 0.525. The lowest BCUT2D eigenvalue weighted by molar-refractivity contribution is 0.495. The van der Waals surface area contributed by atoms with Gasteiger partial charge in [0.25, 0.3) is 0 Å². The number of rotatable bonds is 7. The highest BCUT2D eigenvalue weighted by molar-refractivity contribution is 7.09. The number of nitrogens with one attached hydrogen (secondary N) is 1. The van der Waals surface area contributed by atoms with Crippen molar-refractivity contribution in [1.29, 1.82) is 0 Å². The van der Waals surface area contributed by atoms with E-state index >= 15 is 0 Å². The lowest BCUT2D eigenvalue weighted by atomic mass is 10.1. The van der Waals surface area contributed by atoms with Crippen LogP contribution in [0, 0.1) is 5.92 Å². The molecule has 2 heterocycles. The molecule has 1 atom stereocenters. The number of thiazole rings is 1. The number of hydrogen-bond donors (Lipinski definition) is 1. The molecule has 3 nitrogen and oxygen atoms in total. The summed E-state index contributed by atoms with van der Waals surface area (Å²) >= 11 is 1.78. The fraction of sp³-hybridized carbons (Fsp3) is 0.588. The zero-order chi connectivity index (χ0) is 14.8. The first kappa shape index (κ1) is 14.8. The molecule has 1 unspecified atom stereocenters. The van der Waals surface area contributed by atoms with Crippen molar-refractivity contribution >= 4 is 11.3 Å². The maximum absolute atomic E-state index is 4.72. The molecule has 0 radical (unpaired) electrons. The van der Waals surface area contributed by atoms with E-state index < -0.39 is 0 Å². The van der Waals surface area contributed by atoms with Crippen LogP contribution in [0.1, 0.15) is 61.8 Å². The van der Waals surface area contributed by atoms with Gasteiger partial charge in [0.2, 0.25) is 0 Å². The molecule has 1 N–H and O–H groups in total. The molecule has 3 rings (SSSR count). The summed E-state index contributed by atoms with van der Waals surface area (Å²) < 4.78 is 2.27. The Morgan fingerprint density at radius 1 is 1.43 bits per heavy atom. The Morgan fingerprint density at radius 2 is 2.24 bits per heavy atom. The number of aromatic nitrogens is 2. The van der Waals surface area contributed by atoms with E-state index in [-0.39, 0.29) is 0 Å². The van der Waals surface area contributed by atoms with E-state index in [9.17, 15) is 0 Å². The van der Waals surface area contributed by atoms with Gasteiger partial charge in [0.1, 0.15) is 0 Å². The third-order valence-corrected chi connectivity index (χ3v) is 5.25. The number of hydrogen-bond acceptors (Lipinski definition) is 3. The monoisotopic (exact) mass is 303 g/mol. The molecule has 21 heavy (non-hydrogen) atoms. The molecule has 0 bridgehead atoms. The third-order valence-electron chi connectivity index (χ3n) is 4.06. The molecule has 1 saturated carbocycles. The summed E-state index contributed by atoms with van der Waals surface area (Å²) in [5.74, 6) is 1.37. The fourth-order valence-corrected chi connectivity index (χ4v) is 3.62. The van der Waals surface area contributed by atoms with Gasteiger partial charge in [-0.3, -0.25) is 0 Å². The Morgan fingerprint density at radius 3 is 2.86 bits per heavy atom. The van der Waals surface area contributed by atoms with Gasteiger partial charge in [-0.1, -0.05) is 20.8 Å². The Kier molecular flexibility index (Phi) is 4.45. The first-order valence-electron chi connectivity index (χ1n) is 8.00. The normalized spacial score (nSPS) is 16.6. The van der Waals surface area contributed by atoms with Gasteiger partial charge in [-0.2, -0.15) is 0 Å². The van der Waals surface area contributed by atoms with Crippen molar-refractivity contribution in [2.75, 3.05) is 6.54 Å². The van der Waals surface area contributed by atoms with Gasteiger partial charge >= 0.3 is 0 Å². The van der Waals surface area contributed by atoms with Crippen LogP contribution in [-0.2, 0) is 6.54 Å². The molecule has 1 fully saturated rings. The van der Waals surface area contributed by atoms with Crippen molar-refractivity contribution in [1.82, 2.24) is 14.9 Å². The van der Waals surface area contributed by atoms with E-state index in [1.165, 1.54) is 29.1 Å². The van der Waals surface area contributed by atoms with Crippen LogP contribution in [-0.4, -0.2) is 16.1 Å². The van der Waals surface area contributed by atoms with Gasteiger partial charge in [-0.25, -0.2) is 4.98 Å². The van der Waals surface area contributed by atoms with Crippen LogP contribution in [0.3, 0.4) is 0 Å². The van der Waals surface area contributed by atoms with Crippen molar-refractivity contribution < 1.29 is 0 Å². The maximum atomic E-state index is 4.72. The van der Waals surface area contributed by atoms with E-state index in [1.54, 1.807) is 11.3 Å². The molecule has 1 aliphatic rings. The van der Waals surface area contributed by atoms with Gasteiger partial charge in [0.15, 0.2) is 0 Å². The predicted octanol–water partition coefficient (Wildman–Crippen LogP) is 4.18. The minimum absolute atomic E-state index is 0.525. The highest BCUT2D eigenvalue weighted by atomic mass is 32.1. The highest BCUT2D eigenvalue weighted by Crippen LogP contribution is 2.41. The first-order chi connectivity index (χ1) is 10.2. The van der Waals surface area contributed by atoms with Crippen molar-refractivity contribution in [3.8, 4) is 0 Å². The molecule has 0 aliphatic heterocycles. The van der Waals surface area contributed by atoms with E-state index in [0.717, 1.165) is 19.0 Å². The first-order valence-corrected chi connectivity index (χ1v) is 8.88. The summed E-state index contributed by atoms with van der Waals surface area (Å²) in [7, 11) is 0. The quantitative estimate of drug-likeness (QED) is 0.831. The Bertz CT molecular complexity index is 580. The molecule has 2 aromatic heterocycles. The molecule has 1 aliphatic carbocycles. The average Bonchev–Trinajstić information content (AvgIpc) is 3.00. The van der Waals surface area contributed by atoms with Crippen LogP contribution < -0.4 is 5.32 Å². The summed E-state index contributed by atoms with van der Waals surface area (Å²) in [6, 6.07) is 2.80. The topological polar surface area (TPSA) is 29.9 Å². The zero-order valence-electron chi connectivity index (χ0n) is 13.2. The molecule has 2 aromatic rings. The van der Waals surface area contributed by atoms with Crippen LogP contribution in [0.25, 0.3) is 0 Å². The van der Waals surface area contributed by atoms with Crippen LogP contribution in [0.2, 0.25) is 0 Å². The van der Waals surface area contributed by atoms with Crippen molar-refractivity contribution in [2.45, 2.75) is 52.1 Å². The van der Waals surface area contributed by atoms with E-state index in [2.05, 4.69) is 54.5 Å². The van der Waals surface area contributed by atoms with Gasteiger partial charge in [-0.05, 0) is 36.9 Å². The second-order valence-corrected chi connectivity index (χ2v) is 7.21. The summed E-state index contributed by atoms with van der Waals surface area (Å²) in [5, 5.41) is 7.06. The maximum Gasteiger partial charge on any atom is 0.0954 e. The SMILES string of the molecule is CCNC(c1ccn(Cc2csc(C(C)C)n2)c1)C1CC1. The van der Waals surface area contributed by atoms with E-state index in [0.29, 0.717) is 12.0 Å². The minimum Gasteiger partial charge on any atom is -0.348 e. The predicted molar refractivity (Wildman–Crippen MR) is 88.9 cm³/mol. The number of nitrogens with zero attached hydrogens (tertiary/aromatic N) is 2. The van der Waals surface area contributed by atoms with Crippen molar-refractivity contribution in [2.24, 2.45) is 5.92 Å². The molecule has 4 heteroatoms.